The third-order valence-corrected chi connectivity index (χ3v) is 4.71. The molecule has 0 spiro atoms. The summed E-state index contributed by atoms with van der Waals surface area (Å²) in [7, 11) is -2.34. The molecule has 1 heterocycles. The van der Waals surface area contributed by atoms with E-state index in [0.29, 0.717) is 12.8 Å². The summed E-state index contributed by atoms with van der Waals surface area (Å²) in [5.41, 5.74) is 0. The summed E-state index contributed by atoms with van der Waals surface area (Å²) in [6.45, 7) is 0.0319. The number of hydrogen-bond acceptors (Lipinski definition) is 5. The SMILES string of the molecule is COc1ccccc1S(=O)(=O)NCC1CCC(C(=O)O)O1. The molecule has 2 unspecified atom stereocenters. The van der Waals surface area contributed by atoms with Crippen molar-refractivity contribution < 1.29 is 27.8 Å². The van der Waals surface area contributed by atoms with Crippen LogP contribution in [0.1, 0.15) is 12.8 Å². The van der Waals surface area contributed by atoms with Gasteiger partial charge in [-0.05, 0) is 25.0 Å². The van der Waals surface area contributed by atoms with Gasteiger partial charge >= 0.3 is 5.97 Å². The molecule has 1 fully saturated rings. The van der Waals surface area contributed by atoms with Gasteiger partial charge in [-0.15, -0.1) is 0 Å². The lowest BCUT2D eigenvalue weighted by Crippen LogP contribution is -2.33. The van der Waals surface area contributed by atoms with Gasteiger partial charge in [-0.2, -0.15) is 0 Å². The van der Waals surface area contributed by atoms with Gasteiger partial charge in [0.1, 0.15) is 10.6 Å². The van der Waals surface area contributed by atoms with E-state index in [1.165, 1.54) is 13.2 Å². The molecule has 0 amide bonds. The van der Waals surface area contributed by atoms with Crippen LogP contribution in [0.15, 0.2) is 29.2 Å². The van der Waals surface area contributed by atoms with E-state index in [1.54, 1.807) is 18.2 Å². The summed E-state index contributed by atoms with van der Waals surface area (Å²) < 4.78 is 37.1. The lowest BCUT2D eigenvalue weighted by atomic mass is 10.2. The van der Waals surface area contributed by atoms with E-state index in [9.17, 15) is 13.2 Å². The van der Waals surface area contributed by atoms with E-state index in [4.69, 9.17) is 14.6 Å². The van der Waals surface area contributed by atoms with Gasteiger partial charge in [0.05, 0.1) is 13.2 Å². The molecule has 0 aromatic heterocycles. The minimum atomic E-state index is -3.73. The smallest absolute Gasteiger partial charge is 0.332 e. The van der Waals surface area contributed by atoms with Crippen molar-refractivity contribution in [3.05, 3.63) is 24.3 Å². The average Bonchev–Trinajstić information content (AvgIpc) is 2.94. The van der Waals surface area contributed by atoms with Crippen LogP contribution in [-0.2, 0) is 19.6 Å². The third kappa shape index (κ3) is 3.72. The molecule has 21 heavy (non-hydrogen) atoms. The zero-order valence-corrected chi connectivity index (χ0v) is 12.3. The van der Waals surface area contributed by atoms with E-state index >= 15 is 0 Å². The van der Waals surface area contributed by atoms with Crippen LogP contribution < -0.4 is 9.46 Å². The van der Waals surface area contributed by atoms with Crippen molar-refractivity contribution in [2.75, 3.05) is 13.7 Å². The first-order chi connectivity index (χ1) is 9.94. The fourth-order valence-electron chi connectivity index (χ4n) is 2.16. The fraction of sp³-hybridized carbons (Fsp3) is 0.462. The number of sulfonamides is 1. The molecule has 0 radical (unpaired) electrons. The molecule has 2 rings (SSSR count). The molecule has 1 aliphatic rings. The van der Waals surface area contributed by atoms with Crippen molar-refractivity contribution in [1.82, 2.24) is 4.72 Å². The summed E-state index contributed by atoms with van der Waals surface area (Å²) in [5, 5.41) is 8.83. The van der Waals surface area contributed by atoms with E-state index in [2.05, 4.69) is 4.72 Å². The Morgan fingerprint density at radius 1 is 1.43 bits per heavy atom. The predicted molar refractivity (Wildman–Crippen MR) is 73.7 cm³/mol. The van der Waals surface area contributed by atoms with Crippen LogP contribution in [0.5, 0.6) is 5.75 Å². The van der Waals surface area contributed by atoms with E-state index in [1.807, 2.05) is 0 Å². The molecular formula is C13H17NO6S. The van der Waals surface area contributed by atoms with Crippen LogP contribution in [0.4, 0.5) is 0 Å². The maximum absolute atomic E-state index is 12.2. The Bertz CT molecular complexity index is 615. The summed E-state index contributed by atoms with van der Waals surface area (Å²) in [5.74, 6) is -0.772. The molecule has 1 aromatic rings. The molecule has 2 atom stereocenters. The zero-order chi connectivity index (χ0) is 15.5. The second kappa shape index (κ2) is 6.42. The maximum Gasteiger partial charge on any atom is 0.332 e. The van der Waals surface area contributed by atoms with Crippen molar-refractivity contribution in [3.63, 3.8) is 0 Å². The molecule has 1 aromatic carbocycles. The Morgan fingerprint density at radius 2 is 2.14 bits per heavy atom. The number of para-hydroxylation sites is 1. The predicted octanol–water partition coefficient (Wildman–Crippen LogP) is 0.606. The molecule has 8 heteroatoms. The molecule has 1 aliphatic heterocycles. The number of aliphatic carboxylic acids is 1. The minimum Gasteiger partial charge on any atom is -0.495 e. The normalized spacial score (nSPS) is 22.1. The highest BCUT2D eigenvalue weighted by molar-refractivity contribution is 7.89. The Hall–Kier alpha value is -1.64. The lowest BCUT2D eigenvalue weighted by molar-refractivity contribution is -0.149. The van der Waals surface area contributed by atoms with Crippen molar-refractivity contribution in [2.24, 2.45) is 0 Å². The number of carboxylic acids is 1. The maximum atomic E-state index is 12.2. The summed E-state index contributed by atoms with van der Waals surface area (Å²) >= 11 is 0. The zero-order valence-electron chi connectivity index (χ0n) is 11.5. The molecule has 1 saturated heterocycles. The number of nitrogens with one attached hydrogen (secondary N) is 1. The topological polar surface area (TPSA) is 102 Å². The van der Waals surface area contributed by atoms with Crippen molar-refractivity contribution in [1.29, 1.82) is 0 Å². The Morgan fingerprint density at radius 3 is 2.76 bits per heavy atom. The average molecular weight is 315 g/mol. The Labute approximate surface area is 122 Å². The van der Waals surface area contributed by atoms with E-state index in [-0.39, 0.29) is 17.2 Å². The number of carbonyl (C=O) groups is 1. The van der Waals surface area contributed by atoms with Crippen LogP contribution >= 0.6 is 0 Å². The van der Waals surface area contributed by atoms with Crippen molar-refractivity contribution >= 4 is 16.0 Å². The molecule has 7 nitrogen and oxygen atoms in total. The lowest BCUT2D eigenvalue weighted by Gasteiger charge is -2.14. The van der Waals surface area contributed by atoms with Gasteiger partial charge in [-0.1, -0.05) is 12.1 Å². The van der Waals surface area contributed by atoms with Crippen molar-refractivity contribution in [3.8, 4) is 5.75 Å². The Balaban J connectivity index is 2.01. The molecule has 0 saturated carbocycles. The number of methoxy groups -OCH3 is 1. The molecule has 0 aliphatic carbocycles. The number of ether oxygens (including phenoxy) is 2. The molecular weight excluding hydrogens is 298 g/mol. The largest absolute Gasteiger partial charge is 0.495 e. The quantitative estimate of drug-likeness (QED) is 0.797. The first-order valence-corrected chi connectivity index (χ1v) is 7.93. The van der Waals surface area contributed by atoms with Crippen LogP contribution in [0.2, 0.25) is 0 Å². The van der Waals surface area contributed by atoms with Gasteiger partial charge in [-0.25, -0.2) is 17.9 Å². The summed E-state index contributed by atoms with van der Waals surface area (Å²) in [6, 6.07) is 6.27. The van der Waals surface area contributed by atoms with Gasteiger partial charge in [-0.3, -0.25) is 0 Å². The second-order valence-electron chi connectivity index (χ2n) is 4.67. The van der Waals surface area contributed by atoms with Gasteiger partial charge in [0, 0.05) is 6.54 Å². The first kappa shape index (κ1) is 15.7. The Kier molecular flexibility index (Phi) is 4.81. The van der Waals surface area contributed by atoms with E-state index < -0.39 is 28.2 Å². The summed E-state index contributed by atoms with van der Waals surface area (Å²) in [4.78, 5) is 10.8. The van der Waals surface area contributed by atoms with Crippen molar-refractivity contribution in [2.45, 2.75) is 29.9 Å². The van der Waals surface area contributed by atoms with Gasteiger partial charge in [0.25, 0.3) is 0 Å². The number of hydrogen-bond donors (Lipinski definition) is 2. The first-order valence-electron chi connectivity index (χ1n) is 6.45. The monoisotopic (exact) mass is 315 g/mol. The van der Waals surface area contributed by atoms with Gasteiger partial charge in [0.2, 0.25) is 10.0 Å². The summed E-state index contributed by atoms with van der Waals surface area (Å²) in [6.07, 6.45) is -0.400. The second-order valence-corrected chi connectivity index (χ2v) is 6.40. The fourth-order valence-corrected chi connectivity index (χ4v) is 3.39. The van der Waals surface area contributed by atoms with Gasteiger partial charge in [0.15, 0.2) is 6.10 Å². The highest BCUT2D eigenvalue weighted by Crippen LogP contribution is 2.23. The molecule has 0 bridgehead atoms. The highest BCUT2D eigenvalue weighted by atomic mass is 32.2. The van der Waals surface area contributed by atoms with E-state index in [0.717, 1.165) is 0 Å². The molecule has 116 valence electrons. The van der Waals surface area contributed by atoms with Crippen LogP contribution in [0.3, 0.4) is 0 Å². The minimum absolute atomic E-state index is 0.0319. The number of benzene rings is 1. The number of rotatable bonds is 6. The third-order valence-electron chi connectivity index (χ3n) is 3.24. The standard InChI is InChI=1S/C13H17NO6S/c1-19-10-4-2-3-5-12(10)21(17,18)14-8-9-6-7-11(20-9)13(15)16/h2-5,9,11,14H,6-8H2,1H3,(H,15,16). The van der Waals surface area contributed by atoms with Gasteiger partial charge < -0.3 is 14.6 Å². The van der Waals surface area contributed by atoms with Crippen LogP contribution in [0.25, 0.3) is 0 Å². The highest BCUT2D eigenvalue weighted by Gasteiger charge is 2.31. The van der Waals surface area contributed by atoms with Crippen LogP contribution in [-0.4, -0.2) is 45.4 Å². The molecule has 2 N–H and O–H groups in total. The van der Waals surface area contributed by atoms with Crippen LogP contribution in [0, 0.1) is 0 Å². The number of carboxylic acid groups (broad SMARTS) is 1.